The molecular formula is C8H14FNO2. The average molecular weight is 175 g/mol. The summed E-state index contributed by atoms with van der Waals surface area (Å²) < 4.78 is 17.2. The van der Waals surface area contributed by atoms with E-state index in [2.05, 4.69) is 10.1 Å². The highest BCUT2D eigenvalue weighted by atomic mass is 19.1. The zero-order valence-corrected chi connectivity index (χ0v) is 7.18. The maximum Gasteiger partial charge on any atom is 0.340 e. The van der Waals surface area contributed by atoms with Gasteiger partial charge in [-0.2, -0.15) is 0 Å². The molecule has 0 amide bonds. The van der Waals surface area contributed by atoms with Crippen LogP contribution in [0.5, 0.6) is 0 Å². The minimum absolute atomic E-state index is 0.152. The molecule has 0 aromatic carbocycles. The van der Waals surface area contributed by atoms with Crippen molar-refractivity contribution < 1.29 is 13.9 Å². The fourth-order valence-corrected chi connectivity index (χ4v) is 1.43. The van der Waals surface area contributed by atoms with Crippen LogP contribution in [0.2, 0.25) is 0 Å². The van der Waals surface area contributed by atoms with Gasteiger partial charge in [-0.25, -0.2) is 9.18 Å². The Morgan fingerprint density at radius 1 is 1.83 bits per heavy atom. The number of rotatable bonds is 3. The molecule has 2 atom stereocenters. The SMILES string of the molecule is COC(=O)C(F)CC1CCCN1. The Morgan fingerprint density at radius 3 is 3.08 bits per heavy atom. The molecule has 1 N–H and O–H groups in total. The molecule has 12 heavy (non-hydrogen) atoms. The lowest BCUT2D eigenvalue weighted by molar-refractivity contribution is -0.146. The van der Waals surface area contributed by atoms with E-state index in [9.17, 15) is 9.18 Å². The Kier molecular flexibility index (Phi) is 3.47. The maximum atomic E-state index is 12.9. The summed E-state index contributed by atoms with van der Waals surface area (Å²) in [5, 5.41) is 3.12. The van der Waals surface area contributed by atoms with Gasteiger partial charge >= 0.3 is 5.97 Å². The Labute approximate surface area is 71.3 Å². The van der Waals surface area contributed by atoms with E-state index in [0.717, 1.165) is 19.4 Å². The molecule has 1 aliphatic rings. The Morgan fingerprint density at radius 2 is 2.58 bits per heavy atom. The average Bonchev–Trinajstić information content (AvgIpc) is 2.55. The van der Waals surface area contributed by atoms with Crippen LogP contribution in [0.3, 0.4) is 0 Å². The first-order chi connectivity index (χ1) is 5.74. The summed E-state index contributed by atoms with van der Waals surface area (Å²) in [5.74, 6) is -0.760. The van der Waals surface area contributed by atoms with Gasteiger partial charge in [-0.1, -0.05) is 0 Å². The number of esters is 1. The monoisotopic (exact) mass is 175 g/mol. The predicted octanol–water partition coefficient (Wildman–Crippen LogP) is 0.640. The molecule has 2 unspecified atom stereocenters. The zero-order chi connectivity index (χ0) is 8.97. The third kappa shape index (κ3) is 2.44. The summed E-state index contributed by atoms with van der Waals surface area (Å²) in [5.41, 5.74) is 0. The van der Waals surface area contributed by atoms with E-state index in [1.807, 2.05) is 0 Å². The van der Waals surface area contributed by atoms with Crippen LogP contribution in [0.25, 0.3) is 0 Å². The number of carbonyl (C=O) groups is 1. The second-order valence-electron chi connectivity index (χ2n) is 3.02. The van der Waals surface area contributed by atoms with E-state index in [1.54, 1.807) is 0 Å². The predicted molar refractivity (Wildman–Crippen MR) is 42.6 cm³/mol. The van der Waals surface area contributed by atoms with Gasteiger partial charge in [0.1, 0.15) is 0 Å². The first kappa shape index (κ1) is 9.45. The molecule has 4 heteroatoms. The number of hydrogen-bond acceptors (Lipinski definition) is 3. The second kappa shape index (κ2) is 4.40. The van der Waals surface area contributed by atoms with Crippen molar-refractivity contribution in [2.75, 3.05) is 13.7 Å². The molecule has 0 spiro atoms. The largest absolute Gasteiger partial charge is 0.467 e. The minimum Gasteiger partial charge on any atom is -0.467 e. The number of halogens is 1. The fourth-order valence-electron chi connectivity index (χ4n) is 1.43. The summed E-state index contributed by atoms with van der Waals surface area (Å²) in [7, 11) is 1.21. The normalized spacial score (nSPS) is 25.3. The summed E-state index contributed by atoms with van der Waals surface area (Å²) in [4.78, 5) is 10.7. The lowest BCUT2D eigenvalue weighted by Gasteiger charge is -2.11. The minimum atomic E-state index is -1.47. The number of methoxy groups -OCH3 is 1. The van der Waals surface area contributed by atoms with Crippen LogP contribution in [0.1, 0.15) is 19.3 Å². The molecule has 1 fully saturated rings. The number of ether oxygens (including phenoxy) is 1. The third-order valence-electron chi connectivity index (χ3n) is 2.11. The van der Waals surface area contributed by atoms with Gasteiger partial charge in [0.05, 0.1) is 7.11 Å². The van der Waals surface area contributed by atoms with E-state index in [4.69, 9.17) is 0 Å². The molecule has 0 saturated carbocycles. The van der Waals surface area contributed by atoms with Crippen molar-refractivity contribution in [1.82, 2.24) is 5.32 Å². The number of nitrogens with one attached hydrogen (secondary N) is 1. The topological polar surface area (TPSA) is 38.3 Å². The Balaban J connectivity index is 2.24. The molecule has 0 aromatic rings. The summed E-state index contributed by atoms with van der Waals surface area (Å²) >= 11 is 0. The third-order valence-corrected chi connectivity index (χ3v) is 2.11. The van der Waals surface area contributed by atoms with Gasteiger partial charge in [0.2, 0.25) is 0 Å². The summed E-state index contributed by atoms with van der Waals surface area (Å²) in [6.07, 6.45) is 0.799. The molecule has 1 saturated heterocycles. The molecule has 1 heterocycles. The molecule has 0 aromatic heterocycles. The van der Waals surface area contributed by atoms with Crippen LogP contribution in [-0.2, 0) is 9.53 Å². The smallest absolute Gasteiger partial charge is 0.340 e. The highest BCUT2D eigenvalue weighted by Crippen LogP contribution is 2.13. The van der Waals surface area contributed by atoms with Crippen LogP contribution in [-0.4, -0.2) is 31.8 Å². The van der Waals surface area contributed by atoms with Crippen molar-refractivity contribution in [3.05, 3.63) is 0 Å². The lowest BCUT2D eigenvalue weighted by Crippen LogP contribution is -2.29. The van der Waals surface area contributed by atoms with Crippen molar-refractivity contribution in [1.29, 1.82) is 0 Å². The Bertz CT molecular complexity index is 157. The Hall–Kier alpha value is -0.640. The van der Waals surface area contributed by atoms with E-state index in [0.29, 0.717) is 0 Å². The van der Waals surface area contributed by atoms with Gasteiger partial charge in [0.15, 0.2) is 6.17 Å². The summed E-state index contributed by atoms with van der Waals surface area (Å²) in [6, 6.07) is 0.152. The molecule has 70 valence electrons. The van der Waals surface area contributed by atoms with Crippen LogP contribution in [0, 0.1) is 0 Å². The summed E-state index contributed by atoms with van der Waals surface area (Å²) in [6.45, 7) is 0.929. The first-order valence-corrected chi connectivity index (χ1v) is 4.19. The molecule has 1 rings (SSSR count). The first-order valence-electron chi connectivity index (χ1n) is 4.19. The van der Waals surface area contributed by atoms with Crippen molar-refractivity contribution in [2.45, 2.75) is 31.5 Å². The highest BCUT2D eigenvalue weighted by Gasteiger charge is 2.24. The van der Waals surface area contributed by atoms with Crippen LogP contribution < -0.4 is 5.32 Å². The molecule has 0 radical (unpaired) electrons. The molecule has 3 nitrogen and oxygen atoms in total. The highest BCUT2D eigenvalue weighted by molar-refractivity contribution is 5.74. The molecular weight excluding hydrogens is 161 g/mol. The lowest BCUT2D eigenvalue weighted by atomic mass is 10.1. The van der Waals surface area contributed by atoms with Crippen LogP contribution >= 0.6 is 0 Å². The fraction of sp³-hybridized carbons (Fsp3) is 0.875. The van der Waals surface area contributed by atoms with E-state index in [1.165, 1.54) is 7.11 Å². The van der Waals surface area contributed by atoms with E-state index < -0.39 is 12.1 Å². The number of alkyl halides is 1. The van der Waals surface area contributed by atoms with E-state index >= 15 is 0 Å². The molecule has 0 bridgehead atoms. The zero-order valence-electron chi connectivity index (χ0n) is 7.18. The molecule has 1 aliphatic heterocycles. The van der Waals surface area contributed by atoms with Gasteiger partial charge in [0.25, 0.3) is 0 Å². The van der Waals surface area contributed by atoms with E-state index in [-0.39, 0.29) is 12.5 Å². The van der Waals surface area contributed by atoms with Gasteiger partial charge in [-0.15, -0.1) is 0 Å². The van der Waals surface area contributed by atoms with Crippen molar-refractivity contribution in [3.8, 4) is 0 Å². The number of hydrogen-bond donors (Lipinski definition) is 1. The van der Waals surface area contributed by atoms with Gasteiger partial charge in [-0.3, -0.25) is 0 Å². The van der Waals surface area contributed by atoms with Gasteiger partial charge in [0, 0.05) is 12.5 Å². The van der Waals surface area contributed by atoms with Crippen molar-refractivity contribution >= 4 is 5.97 Å². The quantitative estimate of drug-likeness (QED) is 0.640. The maximum absolute atomic E-state index is 12.9. The van der Waals surface area contributed by atoms with Crippen molar-refractivity contribution in [2.24, 2.45) is 0 Å². The second-order valence-corrected chi connectivity index (χ2v) is 3.02. The standard InChI is InChI=1S/C8H14FNO2/c1-12-8(11)7(9)5-6-3-2-4-10-6/h6-7,10H,2-5H2,1H3. The van der Waals surface area contributed by atoms with Crippen molar-refractivity contribution in [3.63, 3.8) is 0 Å². The van der Waals surface area contributed by atoms with Crippen LogP contribution in [0.15, 0.2) is 0 Å². The number of carbonyl (C=O) groups excluding carboxylic acids is 1. The van der Waals surface area contributed by atoms with Gasteiger partial charge in [-0.05, 0) is 19.4 Å². The van der Waals surface area contributed by atoms with Crippen LogP contribution in [0.4, 0.5) is 4.39 Å². The molecule has 0 aliphatic carbocycles. The van der Waals surface area contributed by atoms with Gasteiger partial charge < -0.3 is 10.1 Å².